The van der Waals surface area contributed by atoms with Gasteiger partial charge in [0, 0.05) is 12.0 Å². The van der Waals surface area contributed by atoms with Gasteiger partial charge in [0.25, 0.3) is 0 Å². The highest BCUT2D eigenvalue weighted by Crippen LogP contribution is 2.29. The molecule has 0 aromatic heterocycles. The van der Waals surface area contributed by atoms with E-state index in [4.69, 9.17) is 5.73 Å². The van der Waals surface area contributed by atoms with Gasteiger partial charge < -0.3 is 5.73 Å². The van der Waals surface area contributed by atoms with Crippen LogP contribution in [0.5, 0.6) is 0 Å². The van der Waals surface area contributed by atoms with Crippen molar-refractivity contribution in [1.82, 2.24) is 0 Å². The Bertz CT molecular complexity index is 327. The van der Waals surface area contributed by atoms with E-state index >= 15 is 0 Å². The summed E-state index contributed by atoms with van der Waals surface area (Å²) in [6.45, 7) is 1.28. The standard InChI is InChI=1S/C11H14F3N/c1-11(7-15,10(13)14)6-8-3-2-4-9(12)5-8/h2-5,10H,6-7,15H2,1H3. The number of alkyl halides is 2. The summed E-state index contributed by atoms with van der Waals surface area (Å²) in [7, 11) is 0. The third kappa shape index (κ3) is 2.96. The van der Waals surface area contributed by atoms with Crippen LogP contribution in [0.4, 0.5) is 13.2 Å². The van der Waals surface area contributed by atoms with Crippen molar-refractivity contribution < 1.29 is 13.2 Å². The summed E-state index contributed by atoms with van der Waals surface area (Å²) in [5, 5.41) is 0. The molecule has 0 aliphatic carbocycles. The molecular formula is C11H14F3N. The van der Waals surface area contributed by atoms with Gasteiger partial charge in [0.05, 0.1) is 0 Å². The van der Waals surface area contributed by atoms with Gasteiger partial charge in [0.15, 0.2) is 0 Å². The van der Waals surface area contributed by atoms with E-state index in [1.807, 2.05) is 0 Å². The summed E-state index contributed by atoms with van der Waals surface area (Å²) < 4.78 is 38.2. The van der Waals surface area contributed by atoms with Crippen LogP contribution < -0.4 is 5.73 Å². The maximum atomic E-state index is 12.8. The van der Waals surface area contributed by atoms with Gasteiger partial charge in [0.1, 0.15) is 5.82 Å². The van der Waals surface area contributed by atoms with E-state index in [2.05, 4.69) is 0 Å². The van der Waals surface area contributed by atoms with Gasteiger partial charge in [-0.1, -0.05) is 19.1 Å². The Balaban J connectivity index is 2.84. The lowest BCUT2D eigenvalue weighted by molar-refractivity contribution is 0.0132. The van der Waals surface area contributed by atoms with Crippen molar-refractivity contribution >= 4 is 0 Å². The summed E-state index contributed by atoms with van der Waals surface area (Å²) in [4.78, 5) is 0. The first-order valence-corrected chi connectivity index (χ1v) is 4.70. The monoisotopic (exact) mass is 217 g/mol. The summed E-state index contributed by atoms with van der Waals surface area (Å²) in [5.74, 6) is -0.416. The van der Waals surface area contributed by atoms with Crippen molar-refractivity contribution in [2.75, 3.05) is 6.54 Å². The van der Waals surface area contributed by atoms with Crippen molar-refractivity contribution in [3.63, 3.8) is 0 Å². The van der Waals surface area contributed by atoms with Crippen LogP contribution in [0.25, 0.3) is 0 Å². The maximum Gasteiger partial charge on any atom is 0.245 e. The predicted molar refractivity (Wildman–Crippen MR) is 53.3 cm³/mol. The fraction of sp³-hybridized carbons (Fsp3) is 0.455. The minimum Gasteiger partial charge on any atom is -0.330 e. The lowest BCUT2D eigenvalue weighted by Crippen LogP contribution is -2.36. The average Bonchev–Trinajstić information content (AvgIpc) is 2.17. The second-order valence-corrected chi connectivity index (χ2v) is 3.97. The highest BCUT2D eigenvalue weighted by molar-refractivity contribution is 5.18. The molecule has 1 aromatic rings. The Hall–Kier alpha value is -1.03. The smallest absolute Gasteiger partial charge is 0.245 e. The second-order valence-electron chi connectivity index (χ2n) is 3.97. The van der Waals surface area contributed by atoms with Crippen molar-refractivity contribution in [3.05, 3.63) is 35.6 Å². The summed E-state index contributed by atoms with van der Waals surface area (Å²) in [6.07, 6.45) is -2.43. The molecule has 0 aliphatic heterocycles. The number of rotatable bonds is 4. The molecule has 1 aromatic carbocycles. The Morgan fingerprint density at radius 3 is 2.53 bits per heavy atom. The molecule has 4 heteroatoms. The number of halogens is 3. The number of nitrogens with two attached hydrogens (primary N) is 1. The van der Waals surface area contributed by atoms with Gasteiger partial charge in [0.2, 0.25) is 6.43 Å². The molecule has 1 unspecified atom stereocenters. The highest BCUT2D eigenvalue weighted by atomic mass is 19.3. The Kier molecular flexibility index (Phi) is 3.74. The van der Waals surface area contributed by atoms with Gasteiger partial charge >= 0.3 is 0 Å². The first-order chi connectivity index (χ1) is 6.98. The van der Waals surface area contributed by atoms with E-state index in [1.165, 1.54) is 25.1 Å². The van der Waals surface area contributed by atoms with Gasteiger partial charge in [-0.2, -0.15) is 0 Å². The van der Waals surface area contributed by atoms with E-state index in [1.54, 1.807) is 6.07 Å². The van der Waals surface area contributed by atoms with E-state index in [0.29, 0.717) is 5.56 Å². The van der Waals surface area contributed by atoms with E-state index < -0.39 is 17.7 Å². The molecule has 0 heterocycles. The van der Waals surface area contributed by atoms with Crippen LogP contribution in [0, 0.1) is 11.2 Å². The van der Waals surface area contributed by atoms with Gasteiger partial charge in [-0.25, -0.2) is 13.2 Å². The molecule has 15 heavy (non-hydrogen) atoms. The molecule has 0 fully saturated rings. The van der Waals surface area contributed by atoms with Crippen molar-refractivity contribution in [2.45, 2.75) is 19.8 Å². The van der Waals surface area contributed by atoms with Crippen LogP contribution in [-0.2, 0) is 6.42 Å². The van der Waals surface area contributed by atoms with Crippen molar-refractivity contribution in [2.24, 2.45) is 11.1 Å². The summed E-state index contributed by atoms with van der Waals surface area (Å²) in [5.41, 5.74) is 4.58. The largest absolute Gasteiger partial charge is 0.330 e. The zero-order chi connectivity index (χ0) is 11.5. The van der Waals surface area contributed by atoms with Crippen LogP contribution in [0.3, 0.4) is 0 Å². The summed E-state index contributed by atoms with van der Waals surface area (Å²) >= 11 is 0. The first kappa shape index (κ1) is 12.0. The first-order valence-electron chi connectivity index (χ1n) is 4.70. The Labute approximate surface area is 87.1 Å². The van der Waals surface area contributed by atoms with Crippen LogP contribution in [0.15, 0.2) is 24.3 Å². The molecule has 0 aliphatic rings. The molecule has 84 valence electrons. The zero-order valence-corrected chi connectivity index (χ0v) is 8.51. The van der Waals surface area contributed by atoms with Crippen LogP contribution in [0.1, 0.15) is 12.5 Å². The number of hydrogen-bond donors (Lipinski definition) is 1. The molecule has 0 saturated heterocycles. The normalized spacial score (nSPS) is 15.3. The molecule has 0 bridgehead atoms. The molecule has 0 spiro atoms. The van der Waals surface area contributed by atoms with Crippen LogP contribution in [0.2, 0.25) is 0 Å². The topological polar surface area (TPSA) is 26.0 Å². The third-order valence-electron chi connectivity index (χ3n) is 2.49. The molecule has 0 radical (unpaired) electrons. The van der Waals surface area contributed by atoms with E-state index in [0.717, 1.165) is 0 Å². The summed E-state index contributed by atoms with van der Waals surface area (Å²) in [6, 6.07) is 5.67. The quantitative estimate of drug-likeness (QED) is 0.824. The molecule has 1 rings (SSSR count). The van der Waals surface area contributed by atoms with Gasteiger partial charge in [-0.15, -0.1) is 0 Å². The minimum atomic E-state index is -2.51. The van der Waals surface area contributed by atoms with Gasteiger partial charge in [-0.3, -0.25) is 0 Å². The Morgan fingerprint density at radius 2 is 2.07 bits per heavy atom. The molecule has 0 amide bonds. The zero-order valence-electron chi connectivity index (χ0n) is 8.51. The predicted octanol–water partition coefficient (Wildman–Crippen LogP) is 2.60. The number of benzene rings is 1. The third-order valence-corrected chi connectivity index (χ3v) is 2.49. The SMILES string of the molecule is CC(CN)(Cc1cccc(F)c1)C(F)F. The van der Waals surface area contributed by atoms with Crippen LogP contribution >= 0.6 is 0 Å². The lowest BCUT2D eigenvalue weighted by Gasteiger charge is -2.26. The molecule has 1 nitrogen and oxygen atoms in total. The highest BCUT2D eigenvalue weighted by Gasteiger charge is 2.33. The average molecular weight is 217 g/mol. The van der Waals surface area contributed by atoms with E-state index in [-0.39, 0.29) is 13.0 Å². The fourth-order valence-electron chi connectivity index (χ4n) is 1.35. The van der Waals surface area contributed by atoms with E-state index in [9.17, 15) is 13.2 Å². The minimum absolute atomic E-state index is 0.0823. The maximum absolute atomic E-state index is 12.8. The Morgan fingerprint density at radius 1 is 1.40 bits per heavy atom. The second kappa shape index (κ2) is 4.66. The molecule has 2 N–H and O–H groups in total. The molecule has 0 saturated carbocycles. The number of hydrogen-bond acceptors (Lipinski definition) is 1. The van der Waals surface area contributed by atoms with Crippen molar-refractivity contribution in [3.8, 4) is 0 Å². The van der Waals surface area contributed by atoms with Crippen LogP contribution in [-0.4, -0.2) is 13.0 Å². The fourth-order valence-corrected chi connectivity index (χ4v) is 1.35. The molecule has 1 atom stereocenters. The lowest BCUT2D eigenvalue weighted by atomic mass is 9.84. The molecular weight excluding hydrogens is 203 g/mol. The van der Waals surface area contributed by atoms with Gasteiger partial charge in [-0.05, 0) is 24.1 Å². The van der Waals surface area contributed by atoms with Crippen molar-refractivity contribution in [1.29, 1.82) is 0 Å².